The summed E-state index contributed by atoms with van der Waals surface area (Å²) in [6.45, 7) is 5.20. The summed E-state index contributed by atoms with van der Waals surface area (Å²) in [5, 5.41) is 3.34. The van der Waals surface area contributed by atoms with Gasteiger partial charge < -0.3 is 5.32 Å². The van der Waals surface area contributed by atoms with E-state index in [0.29, 0.717) is 0 Å². The molecular formula is C9H13BrN2. The highest BCUT2D eigenvalue weighted by molar-refractivity contribution is 9.10. The molecule has 0 amide bonds. The van der Waals surface area contributed by atoms with Crippen LogP contribution in [0, 0.1) is 6.92 Å². The fraction of sp³-hybridized carbons (Fsp3) is 0.444. The standard InChI is InChI=1S/C9H13BrN2/c1-3-4-12-9-7(2)5-11-6-8(9)10/h5-6H,3-4H2,1-2H3,(H,11,12). The van der Waals surface area contributed by atoms with Crippen LogP contribution < -0.4 is 5.32 Å². The Morgan fingerprint density at radius 3 is 2.83 bits per heavy atom. The fourth-order valence-corrected chi connectivity index (χ4v) is 1.58. The van der Waals surface area contributed by atoms with Crippen molar-refractivity contribution >= 4 is 21.6 Å². The summed E-state index contributed by atoms with van der Waals surface area (Å²) < 4.78 is 1.04. The normalized spacial score (nSPS) is 9.92. The SMILES string of the molecule is CCCNc1c(C)cncc1Br. The van der Waals surface area contributed by atoms with Crippen molar-refractivity contribution in [2.24, 2.45) is 0 Å². The molecule has 1 heterocycles. The zero-order valence-electron chi connectivity index (χ0n) is 7.39. The molecule has 0 aliphatic rings. The lowest BCUT2D eigenvalue weighted by molar-refractivity contribution is 0.974. The Balaban J connectivity index is 2.81. The Labute approximate surface area is 81.5 Å². The van der Waals surface area contributed by atoms with Gasteiger partial charge in [-0.25, -0.2) is 0 Å². The Hall–Kier alpha value is -0.570. The van der Waals surface area contributed by atoms with Crippen LogP contribution in [0.15, 0.2) is 16.9 Å². The first-order valence-corrected chi connectivity index (χ1v) is 4.89. The van der Waals surface area contributed by atoms with Crippen molar-refractivity contribution in [3.63, 3.8) is 0 Å². The number of nitrogens with one attached hydrogen (secondary N) is 1. The minimum Gasteiger partial charge on any atom is -0.384 e. The van der Waals surface area contributed by atoms with E-state index in [9.17, 15) is 0 Å². The molecule has 0 aliphatic heterocycles. The van der Waals surface area contributed by atoms with Crippen LogP contribution in [0.5, 0.6) is 0 Å². The lowest BCUT2D eigenvalue weighted by Gasteiger charge is -2.09. The molecule has 0 radical (unpaired) electrons. The number of pyridine rings is 1. The van der Waals surface area contributed by atoms with E-state index in [1.165, 1.54) is 5.56 Å². The maximum atomic E-state index is 4.07. The van der Waals surface area contributed by atoms with E-state index in [4.69, 9.17) is 0 Å². The maximum absolute atomic E-state index is 4.07. The Morgan fingerprint density at radius 2 is 2.25 bits per heavy atom. The molecule has 0 unspecified atom stereocenters. The second kappa shape index (κ2) is 4.45. The van der Waals surface area contributed by atoms with Gasteiger partial charge >= 0.3 is 0 Å². The van der Waals surface area contributed by atoms with E-state index >= 15 is 0 Å². The average Bonchev–Trinajstić information content (AvgIpc) is 2.04. The summed E-state index contributed by atoms with van der Waals surface area (Å²) in [4.78, 5) is 4.07. The van der Waals surface area contributed by atoms with Crippen molar-refractivity contribution in [1.82, 2.24) is 4.98 Å². The summed E-state index contributed by atoms with van der Waals surface area (Å²) in [5.74, 6) is 0. The van der Waals surface area contributed by atoms with Crippen LogP contribution >= 0.6 is 15.9 Å². The second-order valence-corrected chi connectivity index (χ2v) is 3.59. The molecule has 12 heavy (non-hydrogen) atoms. The van der Waals surface area contributed by atoms with Crippen molar-refractivity contribution in [2.45, 2.75) is 20.3 Å². The van der Waals surface area contributed by atoms with Gasteiger partial charge in [0.25, 0.3) is 0 Å². The predicted octanol–water partition coefficient (Wildman–Crippen LogP) is 2.97. The van der Waals surface area contributed by atoms with E-state index in [1.54, 1.807) is 0 Å². The van der Waals surface area contributed by atoms with Crippen LogP contribution in [0.1, 0.15) is 18.9 Å². The third kappa shape index (κ3) is 2.21. The smallest absolute Gasteiger partial charge is 0.0592 e. The first kappa shape index (κ1) is 9.52. The van der Waals surface area contributed by atoms with E-state index in [1.807, 2.05) is 12.4 Å². The topological polar surface area (TPSA) is 24.9 Å². The summed E-state index contributed by atoms with van der Waals surface area (Å²) in [6.07, 6.45) is 4.81. The second-order valence-electron chi connectivity index (χ2n) is 2.74. The van der Waals surface area contributed by atoms with Crippen molar-refractivity contribution in [3.05, 3.63) is 22.4 Å². The van der Waals surface area contributed by atoms with Gasteiger partial charge in [-0.3, -0.25) is 4.98 Å². The highest BCUT2D eigenvalue weighted by Crippen LogP contribution is 2.24. The van der Waals surface area contributed by atoms with Crippen molar-refractivity contribution in [2.75, 3.05) is 11.9 Å². The Morgan fingerprint density at radius 1 is 1.50 bits per heavy atom. The molecule has 3 heteroatoms. The molecule has 1 rings (SSSR count). The van der Waals surface area contributed by atoms with Gasteiger partial charge in [-0.05, 0) is 34.8 Å². The molecule has 66 valence electrons. The van der Waals surface area contributed by atoms with E-state index in [2.05, 4.69) is 40.1 Å². The number of aryl methyl sites for hydroxylation is 1. The molecule has 1 aromatic heterocycles. The van der Waals surface area contributed by atoms with Gasteiger partial charge in [-0.15, -0.1) is 0 Å². The molecule has 1 aromatic rings. The fourth-order valence-electron chi connectivity index (χ4n) is 1.01. The summed E-state index contributed by atoms with van der Waals surface area (Å²) >= 11 is 3.45. The minimum atomic E-state index is 1.00. The molecule has 0 bridgehead atoms. The Bertz CT molecular complexity index is 240. The maximum Gasteiger partial charge on any atom is 0.0592 e. The first-order valence-electron chi connectivity index (χ1n) is 4.09. The van der Waals surface area contributed by atoms with Gasteiger partial charge in [0, 0.05) is 18.9 Å². The molecule has 0 aliphatic carbocycles. The molecule has 0 spiro atoms. The van der Waals surface area contributed by atoms with Gasteiger partial charge in [-0.1, -0.05) is 6.92 Å². The van der Waals surface area contributed by atoms with Crippen LogP contribution in [-0.4, -0.2) is 11.5 Å². The third-order valence-corrected chi connectivity index (χ3v) is 2.24. The molecular weight excluding hydrogens is 216 g/mol. The summed E-state index contributed by atoms with van der Waals surface area (Å²) in [6, 6.07) is 0. The minimum absolute atomic E-state index is 1.00. The van der Waals surface area contributed by atoms with Gasteiger partial charge in [0.1, 0.15) is 0 Å². The molecule has 0 atom stereocenters. The monoisotopic (exact) mass is 228 g/mol. The van der Waals surface area contributed by atoms with Crippen LogP contribution in [0.4, 0.5) is 5.69 Å². The lowest BCUT2D eigenvalue weighted by Crippen LogP contribution is -2.02. The highest BCUT2D eigenvalue weighted by Gasteiger charge is 2.01. The molecule has 1 N–H and O–H groups in total. The Kier molecular flexibility index (Phi) is 3.53. The number of halogens is 1. The largest absolute Gasteiger partial charge is 0.384 e. The lowest BCUT2D eigenvalue weighted by atomic mass is 10.2. The number of anilines is 1. The molecule has 0 fully saturated rings. The number of rotatable bonds is 3. The number of aromatic nitrogens is 1. The number of nitrogens with zero attached hydrogens (tertiary/aromatic N) is 1. The summed E-state index contributed by atoms with van der Waals surface area (Å²) in [5.41, 5.74) is 2.34. The zero-order valence-corrected chi connectivity index (χ0v) is 8.98. The van der Waals surface area contributed by atoms with Crippen LogP contribution in [0.3, 0.4) is 0 Å². The average molecular weight is 229 g/mol. The van der Waals surface area contributed by atoms with Crippen LogP contribution in [0.25, 0.3) is 0 Å². The predicted molar refractivity (Wildman–Crippen MR) is 55.5 cm³/mol. The first-order chi connectivity index (χ1) is 5.75. The van der Waals surface area contributed by atoms with Gasteiger partial charge in [0.15, 0.2) is 0 Å². The molecule has 0 saturated carbocycles. The van der Waals surface area contributed by atoms with Gasteiger partial charge in [-0.2, -0.15) is 0 Å². The molecule has 0 aromatic carbocycles. The van der Waals surface area contributed by atoms with E-state index in [-0.39, 0.29) is 0 Å². The summed E-state index contributed by atoms with van der Waals surface area (Å²) in [7, 11) is 0. The van der Waals surface area contributed by atoms with E-state index < -0.39 is 0 Å². The quantitative estimate of drug-likeness (QED) is 0.861. The zero-order chi connectivity index (χ0) is 8.97. The van der Waals surface area contributed by atoms with Crippen molar-refractivity contribution < 1.29 is 0 Å². The number of hydrogen-bond donors (Lipinski definition) is 1. The van der Waals surface area contributed by atoms with Gasteiger partial charge in [0.05, 0.1) is 10.2 Å². The van der Waals surface area contributed by atoms with E-state index in [0.717, 1.165) is 23.1 Å². The van der Waals surface area contributed by atoms with Crippen molar-refractivity contribution in [3.8, 4) is 0 Å². The molecule has 2 nitrogen and oxygen atoms in total. The number of hydrogen-bond acceptors (Lipinski definition) is 2. The van der Waals surface area contributed by atoms with Crippen LogP contribution in [-0.2, 0) is 0 Å². The van der Waals surface area contributed by atoms with Gasteiger partial charge in [0.2, 0.25) is 0 Å². The van der Waals surface area contributed by atoms with Crippen LogP contribution in [0.2, 0.25) is 0 Å². The molecule has 0 saturated heterocycles. The highest BCUT2D eigenvalue weighted by atomic mass is 79.9. The third-order valence-electron chi connectivity index (χ3n) is 1.64. The van der Waals surface area contributed by atoms with Crippen molar-refractivity contribution in [1.29, 1.82) is 0 Å².